The Morgan fingerprint density at radius 2 is 1.67 bits per heavy atom. The van der Waals surface area contributed by atoms with E-state index in [1.54, 1.807) is 11.8 Å². The molecule has 1 aliphatic carbocycles. The summed E-state index contributed by atoms with van der Waals surface area (Å²) in [4.78, 5) is 16.7. The van der Waals surface area contributed by atoms with Gasteiger partial charge in [0.15, 0.2) is 5.78 Å². The molecule has 0 atom stereocenters. The van der Waals surface area contributed by atoms with Crippen LogP contribution in [-0.2, 0) is 6.42 Å². The molecule has 0 saturated carbocycles. The molecule has 2 aromatic carbocycles. The summed E-state index contributed by atoms with van der Waals surface area (Å²) in [6, 6.07) is 16.6. The lowest BCUT2D eigenvalue weighted by Crippen LogP contribution is -2.21. The molecule has 0 radical (unpaired) electrons. The lowest BCUT2D eigenvalue weighted by atomic mass is 10.1. The number of para-hydroxylation sites is 1. The summed E-state index contributed by atoms with van der Waals surface area (Å²) in [5, 5.41) is 1.16. The van der Waals surface area contributed by atoms with E-state index in [-0.39, 0.29) is 5.78 Å². The van der Waals surface area contributed by atoms with Crippen molar-refractivity contribution in [2.45, 2.75) is 56.8 Å². The number of unbranched alkanes of at least 4 members (excludes halogenated alkanes) is 5. The number of benzene rings is 2. The molecule has 2 nitrogen and oxygen atoms in total. The van der Waals surface area contributed by atoms with E-state index in [1.165, 1.54) is 54.7 Å². The van der Waals surface area contributed by atoms with Gasteiger partial charge in [-0.2, -0.15) is 0 Å². The van der Waals surface area contributed by atoms with Crippen LogP contribution in [0.1, 0.15) is 61.4 Å². The second-order valence-electron chi connectivity index (χ2n) is 7.44. The zero-order valence-electron chi connectivity index (χ0n) is 16.0. The van der Waals surface area contributed by atoms with E-state index in [0.29, 0.717) is 0 Å². The van der Waals surface area contributed by atoms with Gasteiger partial charge < -0.3 is 4.90 Å². The molecule has 0 N–H and O–H groups in total. The maximum atomic E-state index is 13.0. The van der Waals surface area contributed by atoms with E-state index >= 15 is 0 Å². The third-order valence-corrected chi connectivity index (χ3v) is 6.73. The van der Waals surface area contributed by atoms with Crippen LogP contribution in [0.4, 0.5) is 5.69 Å². The van der Waals surface area contributed by atoms with Crippen molar-refractivity contribution in [3.63, 3.8) is 0 Å². The average Bonchev–Trinajstić information content (AvgIpc) is 3.23. The van der Waals surface area contributed by atoms with Crippen LogP contribution in [0.15, 0.2) is 64.0 Å². The number of carbonyl (C=O) groups excluding carboxylic acids is 1. The number of hydrogen-bond acceptors (Lipinski definition) is 3. The Balaban J connectivity index is 1.56. The predicted octanol–water partition coefficient (Wildman–Crippen LogP) is 6.61. The summed E-state index contributed by atoms with van der Waals surface area (Å²) in [5.74, 6) is 0.217. The van der Waals surface area contributed by atoms with Gasteiger partial charge in [0.2, 0.25) is 0 Å². The molecular formula is C24H27NOS. The molecule has 0 fully saturated rings. The summed E-state index contributed by atoms with van der Waals surface area (Å²) in [7, 11) is 0. The Hall–Kier alpha value is -2.00. The zero-order chi connectivity index (χ0) is 18.6. The quantitative estimate of drug-likeness (QED) is 0.400. The fourth-order valence-corrected chi connectivity index (χ4v) is 5.26. The number of fused-ring (bicyclic) bond motifs is 2. The van der Waals surface area contributed by atoms with Gasteiger partial charge in [0.25, 0.3) is 0 Å². The van der Waals surface area contributed by atoms with Crippen LogP contribution in [0.3, 0.4) is 0 Å². The van der Waals surface area contributed by atoms with Gasteiger partial charge in [-0.25, -0.2) is 0 Å². The minimum Gasteiger partial charge on any atom is -0.335 e. The SMILES string of the molecule is CCCCCCCCN1C(=C2Cc3ccccc3C2=O)Sc2ccccc21. The molecule has 4 rings (SSSR count). The van der Waals surface area contributed by atoms with E-state index in [0.717, 1.165) is 29.1 Å². The summed E-state index contributed by atoms with van der Waals surface area (Å²) < 4.78 is 0. The van der Waals surface area contributed by atoms with E-state index < -0.39 is 0 Å². The molecule has 0 saturated heterocycles. The molecule has 0 amide bonds. The van der Waals surface area contributed by atoms with Crippen molar-refractivity contribution in [1.29, 1.82) is 0 Å². The van der Waals surface area contributed by atoms with Gasteiger partial charge in [-0.1, -0.05) is 87.2 Å². The molecule has 0 bridgehead atoms. The minimum atomic E-state index is 0.217. The van der Waals surface area contributed by atoms with Crippen LogP contribution in [0, 0.1) is 0 Å². The van der Waals surface area contributed by atoms with Gasteiger partial charge in [-0.3, -0.25) is 4.79 Å². The molecule has 27 heavy (non-hydrogen) atoms. The maximum absolute atomic E-state index is 13.0. The van der Waals surface area contributed by atoms with Crippen molar-refractivity contribution in [3.8, 4) is 0 Å². The first-order chi connectivity index (χ1) is 13.3. The predicted molar refractivity (Wildman–Crippen MR) is 115 cm³/mol. The van der Waals surface area contributed by atoms with E-state index in [2.05, 4.69) is 42.2 Å². The number of nitrogens with zero attached hydrogens (tertiary/aromatic N) is 1. The van der Waals surface area contributed by atoms with E-state index in [4.69, 9.17) is 0 Å². The highest BCUT2D eigenvalue weighted by atomic mass is 32.2. The maximum Gasteiger partial charge on any atom is 0.192 e. The lowest BCUT2D eigenvalue weighted by Gasteiger charge is -2.22. The molecule has 2 aromatic rings. The van der Waals surface area contributed by atoms with Crippen LogP contribution < -0.4 is 4.90 Å². The van der Waals surface area contributed by atoms with Crippen molar-refractivity contribution < 1.29 is 4.79 Å². The number of carbonyl (C=O) groups is 1. The Bertz CT molecular complexity index is 870. The van der Waals surface area contributed by atoms with Crippen LogP contribution in [0.25, 0.3) is 0 Å². The zero-order valence-corrected chi connectivity index (χ0v) is 16.9. The van der Waals surface area contributed by atoms with Gasteiger partial charge in [0.05, 0.1) is 10.7 Å². The second kappa shape index (κ2) is 8.35. The standard InChI is InChI=1S/C24H27NOS/c1-2-3-4-5-6-11-16-25-21-14-9-10-15-22(21)27-24(25)20-17-18-12-7-8-13-19(18)23(20)26/h7-10,12-15H,2-6,11,16-17H2,1H3. The highest BCUT2D eigenvalue weighted by Gasteiger charge is 2.34. The highest BCUT2D eigenvalue weighted by molar-refractivity contribution is 8.03. The number of rotatable bonds is 7. The summed E-state index contributed by atoms with van der Waals surface area (Å²) in [6.45, 7) is 3.26. The number of thioether (sulfide) groups is 1. The van der Waals surface area contributed by atoms with Crippen molar-refractivity contribution in [3.05, 3.63) is 70.3 Å². The van der Waals surface area contributed by atoms with Gasteiger partial charge >= 0.3 is 0 Å². The van der Waals surface area contributed by atoms with Gasteiger partial charge in [-0.15, -0.1) is 0 Å². The first kappa shape index (κ1) is 18.4. The molecular weight excluding hydrogens is 350 g/mol. The Kier molecular flexibility index (Phi) is 5.68. The fraction of sp³-hybridized carbons (Fsp3) is 0.375. The Morgan fingerprint density at radius 3 is 2.52 bits per heavy atom. The second-order valence-corrected chi connectivity index (χ2v) is 8.47. The third-order valence-electron chi connectivity index (χ3n) is 5.50. The van der Waals surface area contributed by atoms with Crippen LogP contribution >= 0.6 is 11.8 Å². The first-order valence-electron chi connectivity index (χ1n) is 10.2. The van der Waals surface area contributed by atoms with Crippen molar-refractivity contribution in [2.24, 2.45) is 0 Å². The molecule has 1 aliphatic heterocycles. The molecule has 0 spiro atoms. The lowest BCUT2D eigenvalue weighted by molar-refractivity contribution is 0.103. The minimum absolute atomic E-state index is 0.217. The molecule has 3 heteroatoms. The molecule has 0 aromatic heterocycles. The number of Topliss-reactive ketones (excluding diaryl/α,β-unsaturated/α-hetero) is 1. The normalized spacial score (nSPS) is 18.1. The van der Waals surface area contributed by atoms with E-state index in [9.17, 15) is 4.79 Å². The first-order valence-corrected chi connectivity index (χ1v) is 11.0. The smallest absolute Gasteiger partial charge is 0.192 e. The van der Waals surface area contributed by atoms with Gasteiger partial charge in [0, 0.05) is 29.0 Å². The van der Waals surface area contributed by atoms with Crippen LogP contribution in [0.5, 0.6) is 0 Å². The van der Waals surface area contributed by atoms with Crippen molar-refractivity contribution >= 4 is 23.2 Å². The summed E-state index contributed by atoms with van der Waals surface area (Å²) in [5.41, 5.74) is 4.29. The Labute approximate surface area is 166 Å². The Morgan fingerprint density at radius 1 is 0.926 bits per heavy atom. The third kappa shape index (κ3) is 3.70. The van der Waals surface area contributed by atoms with Gasteiger partial charge in [-0.05, 0) is 24.1 Å². The van der Waals surface area contributed by atoms with E-state index in [1.807, 2.05) is 18.2 Å². The largest absolute Gasteiger partial charge is 0.335 e. The van der Waals surface area contributed by atoms with Crippen LogP contribution in [-0.4, -0.2) is 12.3 Å². The topological polar surface area (TPSA) is 20.3 Å². The number of hydrogen-bond donors (Lipinski definition) is 0. The summed E-state index contributed by atoms with van der Waals surface area (Å²) >= 11 is 1.77. The van der Waals surface area contributed by atoms with Crippen molar-refractivity contribution in [1.82, 2.24) is 0 Å². The van der Waals surface area contributed by atoms with Gasteiger partial charge in [0.1, 0.15) is 0 Å². The average molecular weight is 378 g/mol. The van der Waals surface area contributed by atoms with Crippen molar-refractivity contribution in [2.75, 3.05) is 11.4 Å². The monoisotopic (exact) mass is 377 g/mol. The fourth-order valence-electron chi connectivity index (χ4n) is 4.03. The number of allylic oxidation sites excluding steroid dienone is 1. The molecule has 1 heterocycles. The molecule has 140 valence electrons. The molecule has 0 unspecified atom stereocenters. The van der Waals surface area contributed by atoms with Crippen LogP contribution in [0.2, 0.25) is 0 Å². The summed E-state index contributed by atoms with van der Waals surface area (Å²) in [6.07, 6.45) is 8.48. The number of anilines is 1. The number of ketones is 1. The highest BCUT2D eigenvalue weighted by Crippen LogP contribution is 2.49. The molecule has 2 aliphatic rings.